The Morgan fingerprint density at radius 3 is 2.65 bits per heavy atom. The highest BCUT2D eigenvalue weighted by Gasteiger charge is 2.43. The van der Waals surface area contributed by atoms with Crippen LogP contribution in [0.25, 0.3) is 0 Å². The molecule has 1 atom stereocenters. The van der Waals surface area contributed by atoms with Crippen molar-refractivity contribution in [3.8, 4) is 0 Å². The third-order valence-electron chi connectivity index (χ3n) is 6.56. The van der Waals surface area contributed by atoms with Gasteiger partial charge in [-0.1, -0.05) is 18.6 Å². The molecule has 2 aliphatic heterocycles. The minimum atomic E-state index is -0.166. The van der Waals surface area contributed by atoms with E-state index >= 15 is 0 Å². The number of nitrogens with zero attached hydrogens (tertiary/aromatic N) is 2. The highest BCUT2D eigenvalue weighted by molar-refractivity contribution is 5.80. The van der Waals surface area contributed by atoms with E-state index in [1.54, 1.807) is 12.1 Å². The Morgan fingerprint density at radius 1 is 1.23 bits per heavy atom. The molecule has 4 nitrogen and oxygen atoms in total. The minimum Gasteiger partial charge on any atom is -0.381 e. The van der Waals surface area contributed by atoms with Gasteiger partial charge in [0.05, 0.1) is 13.2 Å². The average molecular weight is 359 g/mol. The van der Waals surface area contributed by atoms with Crippen LogP contribution in [0.15, 0.2) is 29.3 Å². The number of likely N-dealkylation sites (tertiary alicyclic amines) is 1. The van der Waals surface area contributed by atoms with Crippen molar-refractivity contribution in [2.75, 3.05) is 39.4 Å². The molecule has 1 aromatic carbocycles. The first kappa shape index (κ1) is 17.8. The number of hydrogen-bond donors (Lipinski definition) is 1. The van der Waals surface area contributed by atoms with Crippen LogP contribution in [-0.2, 0) is 10.2 Å². The van der Waals surface area contributed by atoms with Crippen LogP contribution in [0.3, 0.4) is 0 Å². The molecule has 3 aliphatic rings. The number of aliphatic imine (C=N–C) groups is 1. The maximum Gasteiger partial charge on any atom is 0.193 e. The molecule has 4 rings (SSSR count). The standard InChI is InChI=1S/C21H30FN3O/c1-2-23-19(25-12-10-20(15-25)11-13-26-16-20)24-14-21(8-3-9-21)17-4-6-18(22)7-5-17/h4-7H,2-3,8-16H2,1H3,(H,23,24). The van der Waals surface area contributed by atoms with Crippen molar-refractivity contribution < 1.29 is 9.13 Å². The van der Waals surface area contributed by atoms with Gasteiger partial charge in [-0.3, -0.25) is 4.99 Å². The van der Waals surface area contributed by atoms with Gasteiger partial charge in [0.2, 0.25) is 0 Å². The third kappa shape index (κ3) is 3.34. The predicted octanol–water partition coefficient (Wildman–Crippen LogP) is 3.33. The Labute approximate surface area is 155 Å². The molecule has 1 unspecified atom stereocenters. The van der Waals surface area contributed by atoms with E-state index in [0.29, 0.717) is 5.41 Å². The van der Waals surface area contributed by atoms with Gasteiger partial charge in [-0.15, -0.1) is 0 Å². The van der Waals surface area contributed by atoms with Gasteiger partial charge in [-0.2, -0.15) is 0 Å². The van der Waals surface area contributed by atoms with E-state index in [4.69, 9.17) is 9.73 Å². The maximum atomic E-state index is 13.3. The smallest absolute Gasteiger partial charge is 0.193 e. The van der Waals surface area contributed by atoms with Gasteiger partial charge in [0.15, 0.2) is 5.96 Å². The number of hydrogen-bond acceptors (Lipinski definition) is 2. The van der Waals surface area contributed by atoms with Crippen molar-refractivity contribution in [2.45, 2.75) is 44.4 Å². The summed E-state index contributed by atoms with van der Waals surface area (Å²) >= 11 is 0. The summed E-state index contributed by atoms with van der Waals surface area (Å²) in [5, 5.41) is 3.49. The highest BCUT2D eigenvalue weighted by Crippen LogP contribution is 2.44. The number of rotatable bonds is 4. The molecule has 0 aromatic heterocycles. The SMILES string of the molecule is CCNC(=NCC1(c2ccc(F)cc2)CCC1)N1CCC2(CCOC2)C1. The third-order valence-corrected chi connectivity index (χ3v) is 6.56. The Morgan fingerprint density at radius 2 is 2.04 bits per heavy atom. The molecule has 26 heavy (non-hydrogen) atoms. The zero-order chi connectivity index (χ0) is 18.0. The Balaban J connectivity index is 1.49. The van der Waals surface area contributed by atoms with Gasteiger partial charge >= 0.3 is 0 Å². The van der Waals surface area contributed by atoms with Gasteiger partial charge < -0.3 is 15.0 Å². The molecule has 1 N–H and O–H groups in total. The summed E-state index contributed by atoms with van der Waals surface area (Å²) in [6.45, 7) is 7.67. The summed E-state index contributed by atoms with van der Waals surface area (Å²) in [6, 6.07) is 7.04. The Hall–Kier alpha value is -1.62. The van der Waals surface area contributed by atoms with E-state index in [0.717, 1.165) is 58.2 Å². The van der Waals surface area contributed by atoms with Crippen LogP contribution >= 0.6 is 0 Å². The van der Waals surface area contributed by atoms with Crippen LogP contribution in [-0.4, -0.2) is 50.3 Å². The summed E-state index contributed by atoms with van der Waals surface area (Å²) < 4.78 is 19.0. The molecule has 2 saturated heterocycles. The topological polar surface area (TPSA) is 36.9 Å². The number of benzene rings is 1. The maximum absolute atomic E-state index is 13.3. The summed E-state index contributed by atoms with van der Waals surface area (Å²) in [6.07, 6.45) is 5.87. The van der Waals surface area contributed by atoms with Crippen LogP contribution in [0.2, 0.25) is 0 Å². The lowest BCUT2D eigenvalue weighted by molar-refractivity contribution is 0.156. The fourth-order valence-electron chi connectivity index (χ4n) is 4.68. The van der Waals surface area contributed by atoms with Gasteiger partial charge in [0, 0.05) is 37.1 Å². The molecular formula is C21H30FN3O. The van der Waals surface area contributed by atoms with Crippen LogP contribution in [0.4, 0.5) is 4.39 Å². The van der Waals surface area contributed by atoms with E-state index in [-0.39, 0.29) is 11.2 Å². The normalized spacial score (nSPS) is 27.8. The van der Waals surface area contributed by atoms with Gasteiger partial charge in [0.25, 0.3) is 0 Å². The lowest BCUT2D eigenvalue weighted by atomic mass is 9.64. The second-order valence-electron chi connectivity index (χ2n) is 8.29. The first-order chi connectivity index (χ1) is 12.6. The number of ether oxygens (including phenoxy) is 1. The molecule has 1 aliphatic carbocycles. The first-order valence-corrected chi connectivity index (χ1v) is 10.0. The lowest BCUT2D eigenvalue weighted by Gasteiger charge is -2.41. The summed E-state index contributed by atoms with van der Waals surface area (Å²) in [4.78, 5) is 7.45. The Kier molecular flexibility index (Phi) is 4.91. The average Bonchev–Trinajstić information content (AvgIpc) is 3.24. The second-order valence-corrected chi connectivity index (χ2v) is 8.29. The number of halogens is 1. The molecule has 1 spiro atoms. The molecule has 3 fully saturated rings. The molecule has 1 saturated carbocycles. The molecule has 5 heteroatoms. The molecule has 142 valence electrons. The van der Waals surface area contributed by atoms with Crippen molar-refractivity contribution in [3.05, 3.63) is 35.6 Å². The largest absolute Gasteiger partial charge is 0.381 e. The van der Waals surface area contributed by atoms with Gasteiger partial charge in [-0.05, 0) is 50.3 Å². The van der Waals surface area contributed by atoms with Crippen LogP contribution in [0.1, 0.15) is 44.6 Å². The molecular weight excluding hydrogens is 329 g/mol. The monoisotopic (exact) mass is 359 g/mol. The van der Waals surface area contributed by atoms with E-state index < -0.39 is 0 Å². The van der Waals surface area contributed by atoms with Crippen molar-refractivity contribution in [1.29, 1.82) is 0 Å². The van der Waals surface area contributed by atoms with Crippen LogP contribution in [0.5, 0.6) is 0 Å². The second kappa shape index (κ2) is 7.18. The van der Waals surface area contributed by atoms with Crippen LogP contribution < -0.4 is 5.32 Å². The minimum absolute atomic E-state index is 0.0856. The van der Waals surface area contributed by atoms with E-state index in [2.05, 4.69) is 17.1 Å². The summed E-state index contributed by atoms with van der Waals surface area (Å²) in [5.41, 5.74) is 1.65. The molecule has 0 amide bonds. The zero-order valence-corrected chi connectivity index (χ0v) is 15.8. The highest BCUT2D eigenvalue weighted by atomic mass is 19.1. The molecule has 0 radical (unpaired) electrons. The van der Waals surface area contributed by atoms with Crippen molar-refractivity contribution in [3.63, 3.8) is 0 Å². The molecule has 1 aromatic rings. The van der Waals surface area contributed by atoms with Gasteiger partial charge in [-0.25, -0.2) is 4.39 Å². The van der Waals surface area contributed by atoms with E-state index in [1.807, 2.05) is 12.1 Å². The zero-order valence-electron chi connectivity index (χ0n) is 15.8. The summed E-state index contributed by atoms with van der Waals surface area (Å²) in [5.74, 6) is 0.867. The van der Waals surface area contributed by atoms with Crippen LogP contribution in [0, 0.1) is 11.2 Å². The number of guanidine groups is 1. The van der Waals surface area contributed by atoms with Gasteiger partial charge in [0.1, 0.15) is 5.82 Å². The quantitative estimate of drug-likeness (QED) is 0.662. The fourth-order valence-corrected chi connectivity index (χ4v) is 4.68. The summed E-state index contributed by atoms with van der Waals surface area (Å²) in [7, 11) is 0. The molecule has 0 bridgehead atoms. The lowest BCUT2D eigenvalue weighted by Crippen LogP contribution is -2.44. The Bertz CT molecular complexity index is 648. The van der Waals surface area contributed by atoms with Crippen molar-refractivity contribution in [1.82, 2.24) is 10.2 Å². The van der Waals surface area contributed by atoms with E-state index in [1.165, 1.54) is 24.8 Å². The van der Waals surface area contributed by atoms with E-state index in [9.17, 15) is 4.39 Å². The fraction of sp³-hybridized carbons (Fsp3) is 0.667. The number of nitrogens with one attached hydrogen (secondary N) is 1. The van der Waals surface area contributed by atoms with Crippen molar-refractivity contribution in [2.24, 2.45) is 10.4 Å². The van der Waals surface area contributed by atoms with Crippen molar-refractivity contribution >= 4 is 5.96 Å². The first-order valence-electron chi connectivity index (χ1n) is 10.0. The predicted molar refractivity (Wildman–Crippen MR) is 102 cm³/mol. The molecule has 2 heterocycles.